The zero-order valence-corrected chi connectivity index (χ0v) is 9.39. The standard InChI is InChI=1S/C8H14N4O2S/c1-10-4-6-11(7-5-10)15(13,14)12-3-2-9-8-12/h2-3,8H,4-7H2,1H3. The first-order chi connectivity index (χ1) is 7.10. The van der Waals surface area contributed by atoms with Crippen LogP contribution < -0.4 is 0 Å². The Hall–Kier alpha value is -0.920. The van der Waals surface area contributed by atoms with E-state index in [4.69, 9.17) is 0 Å². The van der Waals surface area contributed by atoms with Gasteiger partial charge < -0.3 is 4.90 Å². The molecule has 1 aliphatic heterocycles. The van der Waals surface area contributed by atoms with Crippen LogP contribution in [-0.4, -0.2) is 59.8 Å². The van der Waals surface area contributed by atoms with Crippen molar-refractivity contribution in [1.29, 1.82) is 0 Å². The number of aromatic nitrogens is 2. The molecular formula is C8H14N4O2S. The van der Waals surface area contributed by atoms with E-state index < -0.39 is 10.2 Å². The molecule has 0 radical (unpaired) electrons. The van der Waals surface area contributed by atoms with Crippen LogP contribution in [0.15, 0.2) is 18.7 Å². The zero-order chi connectivity index (χ0) is 10.9. The molecule has 2 heterocycles. The van der Waals surface area contributed by atoms with Crippen LogP contribution >= 0.6 is 0 Å². The molecule has 1 saturated heterocycles. The lowest BCUT2D eigenvalue weighted by atomic mass is 10.4. The Morgan fingerprint density at radius 1 is 1.20 bits per heavy atom. The van der Waals surface area contributed by atoms with Gasteiger partial charge in [0.25, 0.3) is 0 Å². The molecule has 7 heteroatoms. The van der Waals surface area contributed by atoms with Crippen LogP contribution in [0, 0.1) is 0 Å². The van der Waals surface area contributed by atoms with Crippen LogP contribution in [0.1, 0.15) is 0 Å². The van der Waals surface area contributed by atoms with Crippen molar-refractivity contribution >= 4 is 10.2 Å². The molecule has 0 atom stereocenters. The molecular weight excluding hydrogens is 216 g/mol. The maximum Gasteiger partial charge on any atom is 0.308 e. The molecule has 0 bridgehead atoms. The molecule has 1 fully saturated rings. The predicted molar refractivity (Wildman–Crippen MR) is 55.6 cm³/mol. The van der Waals surface area contributed by atoms with Gasteiger partial charge in [0.15, 0.2) is 0 Å². The maximum absolute atomic E-state index is 12.0. The van der Waals surface area contributed by atoms with Gasteiger partial charge in [-0.3, -0.25) is 0 Å². The molecule has 2 rings (SSSR count). The van der Waals surface area contributed by atoms with Crippen molar-refractivity contribution in [2.24, 2.45) is 0 Å². The Balaban J connectivity index is 2.17. The SMILES string of the molecule is CN1CCN(S(=O)(=O)n2ccnc2)CC1. The summed E-state index contributed by atoms with van der Waals surface area (Å²) < 4.78 is 26.6. The monoisotopic (exact) mass is 230 g/mol. The van der Waals surface area contributed by atoms with Gasteiger partial charge in [0, 0.05) is 38.6 Å². The van der Waals surface area contributed by atoms with Crippen molar-refractivity contribution in [3.05, 3.63) is 18.7 Å². The number of imidazole rings is 1. The summed E-state index contributed by atoms with van der Waals surface area (Å²) in [5.74, 6) is 0. The molecule has 0 unspecified atom stereocenters. The second-order valence-electron chi connectivity index (χ2n) is 3.60. The Kier molecular flexibility index (Phi) is 2.76. The van der Waals surface area contributed by atoms with Crippen molar-refractivity contribution in [2.45, 2.75) is 0 Å². The number of piperazine rings is 1. The highest BCUT2D eigenvalue weighted by atomic mass is 32.2. The van der Waals surface area contributed by atoms with Crippen molar-refractivity contribution in [1.82, 2.24) is 18.2 Å². The predicted octanol–water partition coefficient (Wildman–Crippen LogP) is -0.777. The minimum absolute atomic E-state index is 0.539. The van der Waals surface area contributed by atoms with E-state index >= 15 is 0 Å². The summed E-state index contributed by atoms with van der Waals surface area (Å²) in [6.07, 6.45) is 4.23. The molecule has 0 spiro atoms. The first-order valence-electron chi connectivity index (χ1n) is 4.78. The largest absolute Gasteiger partial charge is 0.308 e. The second-order valence-corrected chi connectivity index (χ2v) is 5.44. The highest BCUT2D eigenvalue weighted by Gasteiger charge is 2.26. The van der Waals surface area contributed by atoms with Gasteiger partial charge in [-0.2, -0.15) is 12.7 Å². The van der Waals surface area contributed by atoms with E-state index in [1.807, 2.05) is 7.05 Å². The molecule has 0 N–H and O–H groups in total. The summed E-state index contributed by atoms with van der Waals surface area (Å²) >= 11 is 0. The van der Waals surface area contributed by atoms with Crippen molar-refractivity contribution in [3.63, 3.8) is 0 Å². The molecule has 15 heavy (non-hydrogen) atoms. The van der Waals surface area contributed by atoms with E-state index in [2.05, 4.69) is 9.88 Å². The van der Waals surface area contributed by atoms with Crippen molar-refractivity contribution in [2.75, 3.05) is 33.2 Å². The van der Waals surface area contributed by atoms with Crippen LogP contribution in [0.25, 0.3) is 0 Å². The van der Waals surface area contributed by atoms with Crippen LogP contribution in [0.2, 0.25) is 0 Å². The number of hydrogen-bond donors (Lipinski definition) is 0. The highest BCUT2D eigenvalue weighted by Crippen LogP contribution is 2.08. The summed E-state index contributed by atoms with van der Waals surface area (Å²) in [7, 11) is -1.39. The van der Waals surface area contributed by atoms with E-state index in [9.17, 15) is 8.42 Å². The fourth-order valence-electron chi connectivity index (χ4n) is 1.54. The topological polar surface area (TPSA) is 58.4 Å². The fraction of sp³-hybridized carbons (Fsp3) is 0.625. The minimum Gasteiger partial charge on any atom is -0.304 e. The third-order valence-corrected chi connectivity index (χ3v) is 4.30. The molecule has 0 amide bonds. The first-order valence-corrected chi connectivity index (χ1v) is 6.17. The Labute approximate surface area is 89.3 Å². The molecule has 0 aliphatic carbocycles. The maximum atomic E-state index is 12.0. The Morgan fingerprint density at radius 2 is 1.87 bits per heavy atom. The normalized spacial score (nSPS) is 20.6. The number of hydrogen-bond acceptors (Lipinski definition) is 4. The molecule has 1 aromatic heterocycles. The molecule has 84 valence electrons. The summed E-state index contributed by atoms with van der Waals surface area (Å²) in [5, 5.41) is 0. The summed E-state index contributed by atoms with van der Waals surface area (Å²) in [5.41, 5.74) is 0. The lowest BCUT2D eigenvalue weighted by Crippen LogP contribution is -2.48. The first kappa shape index (κ1) is 10.6. The molecule has 0 aromatic carbocycles. The van der Waals surface area contributed by atoms with E-state index in [0.717, 1.165) is 17.1 Å². The molecule has 1 aliphatic rings. The van der Waals surface area contributed by atoms with Crippen LogP contribution in [0.5, 0.6) is 0 Å². The smallest absolute Gasteiger partial charge is 0.304 e. The van der Waals surface area contributed by atoms with Gasteiger partial charge in [-0.05, 0) is 7.05 Å². The van der Waals surface area contributed by atoms with Gasteiger partial charge in [0.05, 0.1) is 0 Å². The van der Waals surface area contributed by atoms with Crippen molar-refractivity contribution < 1.29 is 8.42 Å². The highest BCUT2D eigenvalue weighted by molar-refractivity contribution is 7.87. The third kappa shape index (κ3) is 2.04. The van der Waals surface area contributed by atoms with E-state index in [-0.39, 0.29) is 0 Å². The van der Waals surface area contributed by atoms with Crippen LogP contribution in [0.4, 0.5) is 0 Å². The summed E-state index contributed by atoms with van der Waals surface area (Å²) in [6, 6.07) is 0. The number of rotatable bonds is 2. The Bertz CT molecular complexity index is 406. The fourth-order valence-corrected chi connectivity index (χ4v) is 2.81. The molecule has 1 aromatic rings. The van der Waals surface area contributed by atoms with Crippen LogP contribution in [0.3, 0.4) is 0 Å². The van der Waals surface area contributed by atoms with Gasteiger partial charge in [-0.25, -0.2) is 8.96 Å². The number of nitrogens with zero attached hydrogens (tertiary/aromatic N) is 4. The molecule has 6 nitrogen and oxygen atoms in total. The van der Waals surface area contributed by atoms with Gasteiger partial charge in [0.2, 0.25) is 0 Å². The van der Waals surface area contributed by atoms with Crippen LogP contribution in [-0.2, 0) is 10.2 Å². The third-order valence-electron chi connectivity index (χ3n) is 2.54. The average Bonchev–Trinajstić information content (AvgIpc) is 2.71. The van der Waals surface area contributed by atoms with Gasteiger partial charge in [-0.1, -0.05) is 0 Å². The van der Waals surface area contributed by atoms with Gasteiger partial charge >= 0.3 is 10.2 Å². The zero-order valence-electron chi connectivity index (χ0n) is 8.57. The lowest BCUT2D eigenvalue weighted by molar-refractivity contribution is 0.221. The quantitative estimate of drug-likeness (QED) is 0.669. The van der Waals surface area contributed by atoms with Gasteiger partial charge in [0.1, 0.15) is 6.33 Å². The average molecular weight is 230 g/mol. The second kappa shape index (κ2) is 3.92. The summed E-state index contributed by atoms with van der Waals surface area (Å²) in [6.45, 7) is 2.62. The van der Waals surface area contributed by atoms with E-state index in [1.165, 1.54) is 23.0 Å². The minimum atomic E-state index is -3.38. The van der Waals surface area contributed by atoms with Crippen molar-refractivity contribution in [3.8, 4) is 0 Å². The lowest BCUT2D eigenvalue weighted by Gasteiger charge is -2.31. The Morgan fingerprint density at radius 3 is 2.40 bits per heavy atom. The van der Waals surface area contributed by atoms with Gasteiger partial charge in [-0.15, -0.1) is 0 Å². The van der Waals surface area contributed by atoms with E-state index in [0.29, 0.717) is 13.1 Å². The summed E-state index contributed by atoms with van der Waals surface area (Å²) in [4.78, 5) is 5.86. The van der Waals surface area contributed by atoms with E-state index in [1.54, 1.807) is 0 Å². The number of likely N-dealkylation sites (N-methyl/N-ethyl adjacent to an activating group) is 1. The molecule has 0 saturated carbocycles.